The molecule has 2 aromatic heterocycles. The minimum Gasteiger partial charge on any atom is -0.309 e. The highest BCUT2D eigenvalue weighted by Gasteiger charge is 2.43. The van der Waals surface area contributed by atoms with Crippen LogP contribution in [0.25, 0.3) is 77.2 Å². The zero-order valence-corrected chi connectivity index (χ0v) is 35.6. The van der Waals surface area contributed by atoms with Crippen molar-refractivity contribution in [1.29, 1.82) is 0 Å². The van der Waals surface area contributed by atoms with Crippen LogP contribution >= 0.6 is 0 Å². The lowest BCUT2D eigenvalue weighted by molar-refractivity contribution is 1.17. The summed E-state index contributed by atoms with van der Waals surface area (Å²) in [7, 11) is -2.91. The van der Waals surface area contributed by atoms with E-state index in [1.54, 1.807) is 0 Å². The predicted molar refractivity (Wildman–Crippen MR) is 270 cm³/mol. The molecule has 3 heteroatoms. The fourth-order valence-electron chi connectivity index (χ4n) is 10.3. The predicted octanol–water partition coefficient (Wildman–Crippen LogP) is 12.6. The highest BCUT2D eigenvalue weighted by atomic mass is 28.3. The van der Waals surface area contributed by atoms with Gasteiger partial charge in [-0.15, -0.1) is 0 Å². The molecule has 0 atom stereocenters. The van der Waals surface area contributed by atoms with Gasteiger partial charge in [-0.25, -0.2) is 0 Å². The van der Waals surface area contributed by atoms with Crippen molar-refractivity contribution in [3.05, 3.63) is 255 Å². The molecule has 10 aromatic carbocycles. The quantitative estimate of drug-likeness (QED) is 0.107. The van der Waals surface area contributed by atoms with Crippen molar-refractivity contribution in [2.45, 2.75) is 0 Å². The highest BCUT2D eigenvalue weighted by Crippen LogP contribution is 2.38. The molecule has 0 fully saturated rings. The second-order valence-electron chi connectivity index (χ2n) is 16.5. The molecule has 0 saturated heterocycles. The summed E-state index contributed by atoms with van der Waals surface area (Å²) in [4.78, 5) is 0. The van der Waals surface area contributed by atoms with E-state index in [1.807, 2.05) is 0 Å². The molecule has 12 aromatic rings. The number of hydrogen-bond acceptors (Lipinski definition) is 0. The van der Waals surface area contributed by atoms with Crippen molar-refractivity contribution in [1.82, 2.24) is 9.13 Å². The van der Waals surface area contributed by atoms with Gasteiger partial charge in [0.1, 0.15) is 0 Å². The number of aromatic nitrogens is 2. The van der Waals surface area contributed by atoms with Gasteiger partial charge in [-0.2, -0.15) is 0 Å². The van der Waals surface area contributed by atoms with Gasteiger partial charge in [0.05, 0.1) is 22.1 Å². The van der Waals surface area contributed by atoms with E-state index >= 15 is 0 Å². The molecule has 0 aliphatic rings. The molecule has 0 spiro atoms. The third kappa shape index (κ3) is 5.93. The van der Waals surface area contributed by atoms with Gasteiger partial charge >= 0.3 is 0 Å². The van der Waals surface area contributed by atoms with Crippen LogP contribution in [0.2, 0.25) is 0 Å². The van der Waals surface area contributed by atoms with Crippen molar-refractivity contribution >= 4 is 72.4 Å². The molecule has 0 radical (unpaired) electrons. The molecule has 2 heterocycles. The maximum atomic E-state index is 2.56. The van der Waals surface area contributed by atoms with Crippen LogP contribution in [0.5, 0.6) is 0 Å². The summed E-state index contributed by atoms with van der Waals surface area (Å²) in [5.41, 5.74) is 11.9. The number of fused-ring (bicyclic) bond motifs is 6. The van der Waals surface area contributed by atoms with E-state index in [2.05, 4.69) is 264 Å². The van der Waals surface area contributed by atoms with Crippen molar-refractivity contribution in [2.75, 3.05) is 0 Å². The zero-order chi connectivity index (χ0) is 41.7. The summed E-state index contributed by atoms with van der Waals surface area (Å²) in [6.07, 6.45) is 0. The Hall–Kier alpha value is -7.98. The summed E-state index contributed by atoms with van der Waals surface area (Å²) in [5, 5.41) is 10.4. The Labute approximate surface area is 368 Å². The summed E-state index contributed by atoms with van der Waals surface area (Å²) in [6.45, 7) is 0. The zero-order valence-electron chi connectivity index (χ0n) is 34.6. The van der Waals surface area contributed by atoms with Crippen LogP contribution in [0.15, 0.2) is 255 Å². The van der Waals surface area contributed by atoms with Crippen LogP contribution in [-0.4, -0.2) is 17.2 Å². The molecule has 2 nitrogen and oxygen atoms in total. The van der Waals surface area contributed by atoms with E-state index < -0.39 is 8.07 Å². The third-order valence-corrected chi connectivity index (χ3v) is 17.9. The third-order valence-electron chi connectivity index (χ3n) is 13.0. The molecule has 0 bridgehead atoms. The summed E-state index contributed by atoms with van der Waals surface area (Å²) >= 11 is 0. The van der Waals surface area contributed by atoms with Gasteiger partial charge in [0.15, 0.2) is 8.07 Å². The molecule has 0 amide bonds. The Balaban J connectivity index is 1.11. The Morgan fingerprint density at radius 2 is 0.683 bits per heavy atom. The SMILES string of the molecule is c1ccc(-c2cccc(-c3cccc(-n4c5ccccc5c5cc(-n6c7ccccc7c7cccc([Si](c8ccccc8)(c8ccccc8)c8ccccc8)c76)ccc54)c3)c2)cc1. The smallest absolute Gasteiger partial charge is 0.181 e. The Bertz CT molecular complexity index is 3510. The van der Waals surface area contributed by atoms with Gasteiger partial charge in [-0.1, -0.05) is 206 Å². The first-order chi connectivity index (χ1) is 31.3. The first kappa shape index (κ1) is 36.8. The van der Waals surface area contributed by atoms with E-state index in [-0.39, 0.29) is 0 Å². The van der Waals surface area contributed by atoms with Crippen LogP contribution in [0.1, 0.15) is 0 Å². The lowest BCUT2D eigenvalue weighted by Gasteiger charge is -2.35. The van der Waals surface area contributed by atoms with Gasteiger partial charge in [0.25, 0.3) is 0 Å². The molecule has 0 aliphatic carbocycles. The van der Waals surface area contributed by atoms with Crippen LogP contribution in [0.3, 0.4) is 0 Å². The van der Waals surface area contributed by atoms with Gasteiger partial charge in [0.2, 0.25) is 0 Å². The highest BCUT2D eigenvalue weighted by molar-refractivity contribution is 7.20. The van der Waals surface area contributed by atoms with Crippen molar-refractivity contribution < 1.29 is 0 Å². The molecular weight excluding hydrogens is 777 g/mol. The lowest BCUT2D eigenvalue weighted by Crippen LogP contribution is -2.75. The first-order valence-corrected chi connectivity index (χ1v) is 23.8. The maximum absolute atomic E-state index is 2.91. The molecule has 12 rings (SSSR count). The second-order valence-corrected chi connectivity index (χ2v) is 20.2. The average Bonchev–Trinajstić information content (AvgIpc) is 3.89. The summed E-state index contributed by atoms with van der Waals surface area (Å²) in [5.74, 6) is 0. The van der Waals surface area contributed by atoms with Crippen LogP contribution < -0.4 is 20.7 Å². The van der Waals surface area contributed by atoms with E-state index in [1.165, 1.54) is 86.6 Å². The second kappa shape index (κ2) is 15.2. The topological polar surface area (TPSA) is 9.86 Å². The normalized spacial score (nSPS) is 11.8. The van der Waals surface area contributed by atoms with Gasteiger partial charge in [0, 0.05) is 32.9 Å². The molecule has 296 valence electrons. The fraction of sp³-hybridized carbons (Fsp3) is 0. The number of nitrogens with zero attached hydrogens (tertiary/aromatic N) is 2. The minimum absolute atomic E-state index is 1.14. The van der Waals surface area contributed by atoms with Gasteiger partial charge < -0.3 is 9.13 Å². The number of rotatable bonds is 8. The maximum Gasteiger partial charge on any atom is 0.181 e. The fourth-order valence-corrected chi connectivity index (χ4v) is 15.3. The van der Waals surface area contributed by atoms with Gasteiger partial charge in [-0.05, 0) is 91.5 Å². The monoisotopic (exact) mass is 818 g/mol. The van der Waals surface area contributed by atoms with E-state index in [9.17, 15) is 0 Å². The average molecular weight is 819 g/mol. The Morgan fingerprint density at radius 3 is 1.32 bits per heavy atom. The molecular formula is C60H42N2Si. The van der Waals surface area contributed by atoms with Crippen molar-refractivity contribution in [2.24, 2.45) is 0 Å². The van der Waals surface area contributed by atoms with Gasteiger partial charge in [-0.3, -0.25) is 0 Å². The molecule has 0 N–H and O–H groups in total. The van der Waals surface area contributed by atoms with Crippen molar-refractivity contribution in [3.63, 3.8) is 0 Å². The van der Waals surface area contributed by atoms with Crippen LogP contribution in [-0.2, 0) is 0 Å². The Morgan fingerprint density at radius 1 is 0.254 bits per heavy atom. The molecule has 0 unspecified atom stereocenters. The van der Waals surface area contributed by atoms with Crippen molar-refractivity contribution in [3.8, 4) is 33.6 Å². The molecule has 63 heavy (non-hydrogen) atoms. The largest absolute Gasteiger partial charge is 0.309 e. The standard InChI is InChI=1S/C60H42N2Si/c1-5-20-43(21-6-1)44-22-17-23-45(40-44)46-24-18-25-47(41-46)61-56-35-15-14-33-53(56)55-42-48(38-39-58(55)61)62-57-36-16-13-32-52(57)54-34-19-37-59(60(54)62)63(49-26-7-2-8-27-49,50-28-9-3-10-29-50)51-30-11-4-12-31-51/h1-42H. The molecule has 0 aliphatic heterocycles. The first-order valence-electron chi connectivity index (χ1n) is 21.8. The summed E-state index contributed by atoms with van der Waals surface area (Å²) in [6, 6.07) is 94.3. The lowest BCUT2D eigenvalue weighted by atomic mass is 9.99. The molecule has 0 saturated carbocycles. The van der Waals surface area contributed by atoms with E-state index in [0.29, 0.717) is 0 Å². The van der Waals surface area contributed by atoms with E-state index in [4.69, 9.17) is 0 Å². The Kier molecular flexibility index (Phi) is 8.87. The number of benzene rings is 10. The minimum atomic E-state index is -2.91. The number of hydrogen-bond donors (Lipinski definition) is 0. The van der Waals surface area contributed by atoms with Crippen LogP contribution in [0.4, 0.5) is 0 Å². The van der Waals surface area contributed by atoms with E-state index in [0.717, 1.165) is 11.4 Å². The number of para-hydroxylation sites is 3. The van der Waals surface area contributed by atoms with Crippen LogP contribution in [0, 0.1) is 0 Å². The summed E-state index contributed by atoms with van der Waals surface area (Å²) < 4.78 is 5.00.